The summed E-state index contributed by atoms with van der Waals surface area (Å²) in [5.41, 5.74) is 0. The van der Waals surface area contributed by atoms with Crippen LogP contribution in [0.4, 0.5) is 0 Å². The number of hydrogen-bond acceptors (Lipinski definition) is 4. The summed E-state index contributed by atoms with van der Waals surface area (Å²) in [6.45, 7) is 1.26. The fraction of sp³-hybridized carbons (Fsp3) is 0.400. The first-order valence-electron chi connectivity index (χ1n) is 8.40. The Kier molecular flexibility index (Phi) is 15.3. The first kappa shape index (κ1) is 25.2. The Morgan fingerprint density at radius 3 is 1.26 bits per heavy atom. The zero-order valence-corrected chi connectivity index (χ0v) is 17.3. The zero-order valence-electron chi connectivity index (χ0n) is 15.8. The van der Waals surface area contributed by atoms with Gasteiger partial charge in [-0.1, -0.05) is 24.3 Å². The van der Waals surface area contributed by atoms with Crippen molar-refractivity contribution in [2.45, 2.75) is 12.8 Å². The first-order chi connectivity index (χ1) is 12.8. The smallest absolute Gasteiger partial charge is 0.161 e. The van der Waals surface area contributed by atoms with Gasteiger partial charge >= 0.3 is 0 Å². The summed E-state index contributed by atoms with van der Waals surface area (Å²) in [5.74, 6) is 4.31. The predicted octanol–water partition coefficient (Wildman–Crippen LogP) is 4.58. The molecule has 0 aromatic heterocycles. The Morgan fingerprint density at radius 2 is 0.963 bits per heavy atom. The minimum atomic E-state index is 0. The number of benzene rings is 2. The third-order valence-electron chi connectivity index (χ3n) is 3.21. The lowest BCUT2D eigenvalue weighted by molar-refractivity contribution is 0.295. The van der Waals surface area contributed by atoms with Crippen molar-refractivity contribution in [3.8, 4) is 23.0 Å². The molecule has 0 saturated carbocycles. The molecule has 2 N–H and O–H groups in total. The first-order valence-corrected chi connectivity index (χ1v) is 9.47. The molecule has 0 heterocycles. The number of ether oxygens (including phenoxy) is 4. The Morgan fingerprint density at radius 1 is 0.630 bits per heavy atom. The summed E-state index contributed by atoms with van der Waals surface area (Å²) in [4.78, 5) is 0. The lowest BCUT2D eigenvalue weighted by Crippen LogP contribution is -1.99. The van der Waals surface area contributed by atoms with Gasteiger partial charge < -0.3 is 24.4 Å². The minimum Gasteiger partial charge on any atom is -0.493 e. The summed E-state index contributed by atoms with van der Waals surface area (Å²) in [6, 6.07) is 15.2. The van der Waals surface area contributed by atoms with Crippen LogP contribution in [0.2, 0.25) is 0 Å². The van der Waals surface area contributed by atoms with Crippen LogP contribution in [0.3, 0.4) is 0 Å². The molecule has 2 aromatic carbocycles. The summed E-state index contributed by atoms with van der Waals surface area (Å²) in [5, 5.41) is 0. The standard InChI is InChI=1S/2C10H13ClO2.H2O/c2*1-12-9-5-2-3-6-10(9)13-8-4-7-11;/h2*2-3,5-6H,4,7-8H2,1H3;1H2. The molecule has 0 spiro atoms. The van der Waals surface area contributed by atoms with E-state index >= 15 is 0 Å². The van der Waals surface area contributed by atoms with Gasteiger partial charge in [-0.15, -0.1) is 23.2 Å². The molecule has 0 aliphatic carbocycles. The van der Waals surface area contributed by atoms with E-state index in [4.69, 9.17) is 42.1 Å². The normalized spacial score (nSPS) is 9.33. The molecule has 2 rings (SSSR count). The predicted molar refractivity (Wildman–Crippen MR) is 111 cm³/mol. The number of halogens is 2. The van der Waals surface area contributed by atoms with Gasteiger partial charge in [0, 0.05) is 11.8 Å². The number of para-hydroxylation sites is 4. The van der Waals surface area contributed by atoms with E-state index in [2.05, 4.69) is 0 Å². The Labute approximate surface area is 171 Å². The molecule has 0 bridgehead atoms. The molecule has 0 aliphatic heterocycles. The number of methoxy groups -OCH3 is 2. The van der Waals surface area contributed by atoms with Crippen molar-refractivity contribution in [1.82, 2.24) is 0 Å². The number of rotatable bonds is 10. The van der Waals surface area contributed by atoms with Crippen LogP contribution in [-0.2, 0) is 0 Å². The van der Waals surface area contributed by atoms with Gasteiger partial charge in [0.2, 0.25) is 0 Å². The Balaban J connectivity index is 0.000000483. The van der Waals surface area contributed by atoms with Crippen molar-refractivity contribution in [2.24, 2.45) is 0 Å². The highest BCUT2D eigenvalue weighted by atomic mass is 35.5. The van der Waals surface area contributed by atoms with E-state index in [0.29, 0.717) is 25.0 Å². The van der Waals surface area contributed by atoms with Crippen molar-refractivity contribution in [3.63, 3.8) is 0 Å². The molecule has 152 valence electrons. The van der Waals surface area contributed by atoms with Gasteiger partial charge in [0.05, 0.1) is 27.4 Å². The molecule has 7 heteroatoms. The van der Waals surface area contributed by atoms with E-state index in [9.17, 15) is 0 Å². The van der Waals surface area contributed by atoms with Gasteiger partial charge in [-0.05, 0) is 37.1 Å². The van der Waals surface area contributed by atoms with Crippen LogP contribution >= 0.6 is 23.2 Å². The van der Waals surface area contributed by atoms with E-state index in [1.165, 1.54) is 0 Å². The van der Waals surface area contributed by atoms with Gasteiger partial charge in [0.15, 0.2) is 23.0 Å². The fourth-order valence-electron chi connectivity index (χ4n) is 1.95. The van der Waals surface area contributed by atoms with Crippen LogP contribution in [0.15, 0.2) is 48.5 Å². The van der Waals surface area contributed by atoms with Crippen LogP contribution in [0.5, 0.6) is 23.0 Å². The molecule has 0 aliphatic rings. The lowest BCUT2D eigenvalue weighted by Gasteiger charge is -2.08. The SMILES string of the molecule is COc1ccccc1OCCCCl.COc1ccccc1OCCCCl.O. The van der Waals surface area contributed by atoms with E-state index in [-0.39, 0.29) is 5.48 Å². The van der Waals surface area contributed by atoms with Crippen molar-refractivity contribution in [1.29, 1.82) is 0 Å². The van der Waals surface area contributed by atoms with Crippen molar-refractivity contribution in [2.75, 3.05) is 39.2 Å². The van der Waals surface area contributed by atoms with Gasteiger partial charge in [0.25, 0.3) is 0 Å². The zero-order chi connectivity index (χ0) is 19.0. The number of alkyl halides is 2. The monoisotopic (exact) mass is 418 g/mol. The highest BCUT2D eigenvalue weighted by Gasteiger charge is 2.01. The largest absolute Gasteiger partial charge is 0.493 e. The summed E-state index contributed by atoms with van der Waals surface area (Å²) in [7, 11) is 3.26. The van der Waals surface area contributed by atoms with Crippen LogP contribution in [-0.4, -0.2) is 44.7 Å². The molecule has 5 nitrogen and oxygen atoms in total. The van der Waals surface area contributed by atoms with Crippen molar-refractivity contribution in [3.05, 3.63) is 48.5 Å². The van der Waals surface area contributed by atoms with Crippen molar-refractivity contribution < 1.29 is 24.4 Å². The molecular formula is C20H28Cl2O5. The quantitative estimate of drug-likeness (QED) is 0.418. The molecule has 2 aromatic rings. The van der Waals surface area contributed by atoms with E-state index in [0.717, 1.165) is 35.8 Å². The molecule has 0 saturated heterocycles. The maximum atomic E-state index is 5.53. The minimum absolute atomic E-state index is 0. The van der Waals surface area contributed by atoms with Crippen LogP contribution in [0.25, 0.3) is 0 Å². The highest BCUT2D eigenvalue weighted by Crippen LogP contribution is 2.26. The maximum Gasteiger partial charge on any atom is 0.161 e. The molecule has 0 fully saturated rings. The van der Waals surface area contributed by atoms with Crippen molar-refractivity contribution >= 4 is 23.2 Å². The van der Waals surface area contributed by atoms with E-state index < -0.39 is 0 Å². The Hall–Kier alpha value is -1.82. The van der Waals surface area contributed by atoms with Crippen LogP contribution in [0.1, 0.15) is 12.8 Å². The average molecular weight is 419 g/mol. The third-order valence-corrected chi connectivity index (χ3v) is 3.74. The van der Waals surface area contributed by atoms with E-state index in [1.54, 1.807) is 14.2 Å². The average Bonchev–Trinajstić information content (AvgIpc) is 2.69. The molecule has 0 radical (unpaired) electrons. The summed E-state index contributed by atoms with van der Waals surface area (Å²) < 4.78 is 21.2. The van der Waals surface area contributed by atoms with E-state index in [1.807, 2.05) is 48.5 Å². The van der Waals surface area contributed by atoms with Gasteiger partial charge in [-0.25, -0.2) is 0 Å². The second-order valence-electron chi connectivity index (χ2n) is 5.08. The topological polar surface area (TPSA) is 68.4 Å². The fourth-order valence-corrected chi connectivity index (χ4v) is 2.17. The van der Waals surface area contributed by atoms with Crippen LogP contribution < -0.4 is 18.9 Å². The number of hydrogen-bond donors (Lipinski definition) is 0. The second kappa shape index (κ2) is 16.4. The van der Waals surface area contributed by atoms with Gasteiger partial charge in [-0.2, -0.15) is 0 Å². The molecule has 0 atom stereocenters. The Bertz CT molecular complexity index is 557. The molecule has 0 amide bonds. The molecule has 0 unspecified atom stereocenters. The molecule has 27 heavy (non-hydrogen) atoms. The lowest BCUT2D eigenvalue weighted by atomic mass is 10.3. The highest BCUT2D eigenvalue weighted by molar-refractivity contribution is 6.18. The summed E-state index contributed by atoms with van der Waals surface area (Å²) >= 11 is 11.1. The molecular weight excluding hydrogens is 391 g/mol. The van der Waals surface area contributed by atoms with Gasteiger partial charge in [0.1, 0.15) is 0 Å². The van der Waals surface area contributed by atoms with Gasteiger partial charge in [-0.3, -0.25) is 0 Å². The second-order valence-corrected chi connectivity index (χ2v) is 5.84. The summed E-state index contributed by atoms with van der Waals surface area (Å²) in [6.07, 6.45) is 1.69. The van der Waals surface area contributed by atoms with Crippen LogP contribution in [0, 0.1) is 0 Å². The maximum absolute atomic E-state index is 5.53. The third kappa shape index (κ3) is 10.2.